The van der Waals surface area contributed by atoms with Crippen molar-refractivity contribution in [2.45, 2.75) is 398 Å². The molecular weight excluding hydrogens is 1660 g/mol. The van der Waals surface area contributed by atoms with E-state index in [0.29, 0.717) is 63.9 Å². The predicted molar refractivity (Wildman–Crippen MR) is 477 cm³/mol. The van der Waals surface area contributed by atoms with Crippen LogP contribution >= 0.6 is 7.14 Å². The van der Waals surface area contributed by atoms with E-state index < -0.39 is 111 Å². The van der Waals surface area contributed by atoms with Crippen LogP contribution in [-0.4, -0.2) is 137 Å². The monoisotopic (exact) mass is 1810 g/mol. The Bertz CT molecular complexity index is 3780. The summed E-state index contributed by atoms with van der Waals surface area (Å²) in [5.41, 5.74) is -8.88. The third-order valence-corrected chi connectivity index (χ3v) is 42.4. The molecule has 0 aromatic heterocycles. The molecule has 8 rings (SSSR count). The van der Waals surface area contributed by atoms with Gasteiger partial charge in [-0.15, -0.1) is 0 Å². The molecule has 6 unspecified atom stereocenters. The number of alkyl halides is 12. The minimum atomic E-state index is -5.91. The summed E-state index contributed by atoms with van der Waals surface area (Å²) in [5.74, 6) is 0.336. The Morgan fingerprint density at radius 3 is 1.32 bits per heavy atom. The van der Waals surface area contributed by atoms with Crippen molar-refractivity contribution < 1.29 is 100 Å². The highest BCUT2D eigenvalue weighted by Crippen LogP contribution is 2.66. The van der Waals surface area contributed by atoms with E-state index >= 15 is 0 Å². The number of allylic oxidation sites excluding steroid dienone is 6. The third kappa shape index (κ3) is 27.7. The summed E-state index contributed by atoms with van der Waals surface area (Å²) < 4.78 is 205. The van der Waals surface area contributed by atoms with Crippen molar-refractivity contribution in [3.8, 4) is 0 Å². The minimum absolute atomic E-state index is 0.000922. The first-order chi connectivity index (χ1) is 54.7. The van der Waals surface area contributed by atoms with Gasteiger partial charge in [-0.2, -0.15) is 52.7 Å². The summed E-state index contributed by atoms with van der Waals surface area (Å²) in [5, 5.41) is 42.2. The molecule has 2 aromatic rings. The number of carbonyl (C=O) groups is 1. The van der Waals surface area contributed by atoms with Crippen molar-refractivity contribution in [1.29, 1.82) is 0 Å². The zero-order chi connectivity index (χ0) is 92.1. The standard InChI is InChI=1S/C32H48F6O4.C32H51O3PSi2.C30H52F6O3Si2/c1-27(2,41)13-6-14-28(3,15-7-17-30(42,31(33,34)35)32(36,37)38)26-12-11-25-22(8-5-16-29(25,26)4)10-9-21-18-23(39)20-24(40)19-21;1-31(2,3)37(7,8)34-27-23-26(24-28(25-27)35-38(9,10)32(4,5)6)21-22-36(33,29-17-13-11-14-18-29)30-19-15-12-16-20-30;1-25(2,38-40(5,6)7)17-12-18-26(3,24-16-15-22-23(37)14-11-20-27(22,24)4)19-13-21-28(29(31,32)33,30(34,35)36)39-41(8,9)10/h7,9-10,17,23-26,39-42H,5-6,8,11-16,18-20H2,1-4H3;11-21,27-28H,22-25H2,1-10H3;13,21-22,24H,11-12,14-20H2,1-10H3/b17-7-,22-10+;;21-13-/t23-,24-,25?,26?,28?,29+;27-,28-;22?,24?,26?,27-/m110/s1. The molecule has 0 spiro atoms. The van der Waals surface area contributed by atoms with E-state index in [9.17, 15) is 82.5 Å². The molecule has 6 aliphatic carbocycles. The van der Waals surface area contributed by atoms with Crippen LogP contribution in [0.1, 0.15) is 251 Å². The fraction of sp³-hybridized carbons (Fsp3) is 0.755. The fourth-order valence-corrected chi connectivity index (χ4v) is 28.8. The average molecular weight is 1810 g/mol. The zero-order valence-electron chi connectivity index (χ0n) is 77.3. The molecular formula is C94H151F12O10PSi4. The summed E-state index contributed by atoms with van der Waals surface area (Å²) in [7, 11) is -11.8. The van der Waals surface area contributed by atoms with Gasteiger partial charge in [-0.3, -0.25) is 4.79 Å². The number of fused-ring (bicyclic) bond motifs is 2. The summed E-state index contributed by atoms with van der Waals surface area (Å²) in [4.78, 5) is 12.8. The molecule has 6 aliphatic rings. The van der Waals surface area contributed by atoms with Crippen LogP contribution < -0.4 is 10.6 Å². The molecule has 0 aliphatic heterocycles. The number of ketones is 1. The van der Waals surface area contributed by atoms with Crippen LogP contribution in [0.4, 0.5) is 52.7 Å². The van der Waals surface area contributed by atoms with Gasteiger partial charge in [0, 0.05) is 29.1 Å². The van der Waals surface area contributed by atoms with Crippen LogP contribution in [0, 0.1) is 45.3 Å². The Morgan fingerprint density at radius 2 is 0.909 bits per heavy atom. The Kier molecular flexibility index (Phi) is 34.9. The first-order valence-electron chi connectivity index (χ1n) is 44.2. The number of rotatable bonds is 29. The second-order valence-electron chi connectivity index (χ2n) is 43.9. The van der Waals surface area contributed by atoms with E-state index in [2.05, 4.69) is 113 Å². The molecule has 10 nitrogen and oxygen atoms in total. The lowest BCUT2D eigenvalue weighted by molar-refractivity contribution is -0.347. The molecule has 0 bridgehead atoms. The number of hydrogen-bond donors (Lipinski definition) is 4. The van der Waals surface area contributed by atoms with Gasteiger partial charge in [0.05, 0.1) is 35.6 Å². The molecule has 12 atom stereocenters. The summed E-state index contributed by atoms with van der Waals surface area (Å²) in [6, 6.07) is 20.0. The van der Waals surface area contributed by atoms with Crippen molar-refractivity contribution in [3.05, 3.63) is 120 Å². The summed E-state index contributed by atoms with van der Waals surface area (Å²) in [6.45, 7) is 49.1. The lowest BCUT2D eigenvalue weighted by atomic mass is 9.55. The summed E-state index contributed by atoms with van der Waals surface area (Å²) in [6.07, 6.45) is 0.357. The molecule has 27 heteroatoms. The topological polar surface area (TPSA) is 152 Å². The van der Waals surface area contributed by atoms with Crippen molar-refractivity contribution >= 4 is 56.8 Å². The quantitative estimate of drug-likeness (QED) is 0.0268. The smallest absolute Gasteiger partial charge is 0.414 e. The van der Waals surface area contributed by atoms with E-state index in [4.69, 9.17) is 17.7 Å². The van der Waals surface area contributed by atoms with Crippen molar-refractivity contribution in [1.82, 2.24) is 0 Å². The lowest BCUT2D eigenvalue weighted by Gasteiger charge is -2.49. The molecule has 0 saturated heterocycles. The van der Waals surface area contributed by atoms with Gasteiger partial charge in [0.25, 0.3) is 11.2 Å². The van der Waals surface area contributed by atoms with E-state index in [0.717, 1.165) is 112 Å². The maximum atomic E-state index is 14.6. The van der Waals surface area contributed by atoms with Gasteiger partial charge in [-0.1, -0.05) is 190 Å². The maximum absolute atomic E-state index is 14.6. The molecule has 0 radical (unpaired) electrons. The zero-order valence-corrected chi connectivity index (χ0v) is 82.2. The van der Waals surface area contributed by atoms with Crippen molar-refractivity contribution in [3.63, 3.8) is 0 Å². The number of Topliss-reactive ketones (excluding diaryl/α,β-unsaturated/α-hetero) is 1. The highest BCUT2D eigenvalue weighted by molar-refractivity contribution is 7.78. The number of hydrogen-bond acceptors (Lipinski definition) is 10. The van der Waals surface area contributed by atoms with Gasteiger partial charge in [-0.25, -0.2) is 0 Å². The SMILES string of the molecule is CC(C)(C)[Si](C)(C)O[C@@H]1CC(=CCP(=O)(c2ccccc2)c2ccccc2)C[C@@H](O[Si](C)(C)C(C)(C)C)C1.CC(C)(CCCC(C)(C/C=C\C(O[Si](C)(C)C)(C(F)(F)F)C(F)(F)F)C1CCC2C(=O)CCC[C@@]21C)O[Si](C)(C)C.CC(C)(O)CCCC(C)(C/C=C\C(O)(C(F)(F)F)C(F)(F)F)C1CCC2/C(=C/C=C3C[C@@H](O)C[C@H](O)C3)CCC[C@@]21C. The number of benzene rings is 2. The number of halogens is 12. The number of aliphatic hydroxyl groups excluding tert-OH is 2. The van der Waals surface area contributed by atoms with Crippen LogP contribution in [0.15, 0.2) is 120 Å². The van der Waals surface area contributed by atoms with Crippen LogP contribution in [0.5, 0.6) is 0 Å². The normalized spacial score (nSPS) is 26.6. The molecule has 121 heavy (non-hydrogen) atoms. The van der Waals surface area contributed by atoms with E-state index in [1.807, 2.05) is 94.4 Å². The van der Waals surface area contributed by atoms with Gasteiger partial charge in [0.2, 0.25) is 0 Å². The Morgan fingerprint density at radius 1 is 0.496 bits per heavy atom. The second-order valence-corrected chi connectivity index (χ2v) is 65.1. The third-order valence-electron chi connectivity index (χ3n) is 28.3. The van der Waals surface area contributed by atoms with Crippen LogP contribution in [0.2, 0.25) is 75.5 Å². The Balaban J connectivity index is 0.000000282. The molecule has 2 aromatic carbocycles. The van der Waals surface area contributed by atoms with Crippen LogP contribution in [0.3, 0.4) is 0 Å². The first kappa shape index (κ1) is 107. The average Bonchev–Trinajstić information content (AvgIpc) is 1.74. The molecule has 0 amide bonds. The second kappa shape index (κ2) is 39.6. The van der Waals surface area contributed by atoms with Gasteiger partial charge < -0.3 is 42.7 Å². The molecule has 692 valence electrons. The van der Waals surface area contributed by atoms with Gasteiger partial charge >= 0.3 is 24.7 Å². The summed E-state index contributed by atoms with van der Waals surface area (Å²) >= 11 is 0. The van der Waals surface area contributed by atoms with E-state index in [1.165, 1.54) is 30.8 Å². The van der Waals surface area contributed by atoms with Crippen LogP contribution in [-0.2, 0) is 27.1 Å². The van der Waals surface area contributed by atoms with Gasteiger partial charge in [-0.05, 0) is 290 Å². The highest BCUT2D eigenvalue weighted by atomic mass is 31.2. The first-order valence-corrected chi connectivity index (χ1v) is 58.8. The van der Waals surface area contributed by atoms with Gasteiger partial charge in [0.15, 0.2) is 33.3 Å². The van der Waals surface area contributed by atoms with Crippen molar-refractivity contribution in [2.24, 2.45) is 45.3 Å². The fourth-order valence-electron chi connectivity index (χ4n) is 20.5. The molecule has 0 heterocycles. The molecule has 6 fully saturated rings. The largest absolute Gasteiger partial charge is 0.429 e. The van der Waals surface area contributed by atoms with E-state index in [1.54, 1.807) is 13.8 Å². The minimum Gasteiger partial charge on any atom is -0.414 e. The predicted octanol–water partition coefficient (Wildman–Crippen LogP) is 26.8. The van der Waals surface area contributed by atoms with Crippen LogP contribution in [0.25, 0.3) is 0 Å². The Labute approximate surface area is 722 Å². The lowest BCUT2D eigenvalue weighted by Crippen LogP contribution is -2.61. The van der Waals surface area contributed by atoms with Gasteiger partial charge in [0.1, 0.15) is 12.9 Å². The maximum Gasteiger partial charge on any atom is 0.429 e. The number of aliphatic hydroxyl groups is 4. The highest BCUT2D eigenvalue weighted by Gasteiger charge is 2.72. The van der Waals surface area contributed by atoms with E-state index in [-0.39, 0.29) is 87.6 Å². The molecule has 4 N–H and O–H groups in total. The Hall–Kier alpha value is -3.25. The number of carbonyl (C=O) groups excluding carboxylic acids is 1. The molecule has 6 saturated carbocycles. The van der Waals surface area contributed by atoms with Crippen molar-refractivity contribution in [2.75, 3.05) is 6.16 Å².